The molecule has 0 spiro atoms. The molecule has 0 heterocycles. The minimum Gasteiger partial charge on any atom is -0.294 e. The molecule has 0 unspecified atom stereocenters. The molecule has 0 fully saturated rings. The number of ketones is 1. The van der Waals surface area contributed by atoms with Crippen LogP contribution in [-0.2, 0) is 4.79 Å². The molecule has 50 valence electrons. The van der Waals surface area contributed by atoms with Crippen LogP contribution in [0.25, 0.3) is 0 Å². The van der Waals surface area contributed by atoms with E-state index in [9.17, 15) is 4.79 Å². The van der Waals surface area contributed by atoms with Crippen LogP contribution in [0.1, 0.15) is 6.92 Å². The molecule has 0 N–H and O–H groups in total. The highest BCUT2D eigenvalue weighted by Crippen LogP contribution is 2.00. The van der Waals surface area contributed by atoms with E-state index in [4.69, 9.17) is 0 Å². The Balaban J connectivity index is 2.97. The molecule has 0 aromatic heterocycles. The predicted molar refractivity (Wildman–Crippen MR) is 40.6 cm³/mol. The normalized spacial score (nSPS) is 14.7. The zero-order valence-electron chi connectivity index (χ0n) is 5.79. The van der Waals surface area contributed by atoms with E-state index in [0.29, 0.717) is 5.57 Å². The summed E-state index contributed by atoms with van der Waals surface area (Å²) in [6.07, 6.45) is 8.90. The molecule has 0 amide bonds. The first-order valence-corrected chi connectivity index (χ1v) is 3.11. The molecule has 1 heteroatoms. The quantitative estimate of drug-likeness (QED) is 0.497. The van der Waals surface area contributed by atoms with Crippen molar-refractivity contribution in [3.05, 3.63) is 41.7 Å². The molecule has 0 aliphatic heterocycles. The van der Waals surface area contributed by atoms with E-state index in [1.165, 1.54) is 0 Å². The van der Waals surface area contributed by atoms with Crippen LogP contribution < -0.4 is 0 Å². The number of carbonyl (C=O) groups excluding carboxylic acids is 1. The molecule has 0 aromatic carbocycles. The third-order valence-electron chi connectivity index (χ3n) is 1.22. The lowest BCUT2D eigenvalue weighted by Gasteiger charge is -1.87. The average molecular weight is 132 g/mol. The molecule has 1 aliphatic rings. The lowest BCUT2D eigenvalue weighted by molar-refractivity contribution is -0.113. The summed E-state index contributed by atoms with van der Waals surface area (Å²) in [7, 11) is 0. The molecule has 0 atom stereocenters. The molecular formula is C9H8O. The molecule has 0 radical (unpaired) electrons. The van der Waals surface area contributed by atoms with Gasteiger partial charge in [-0.2, -0.15) is 0 Å². The van der Waals surface area contributed by atoms with Gasteiger partial charge in [-0.3, -0.25) is 4.79 Å². The highest BCUT2D eigenvalue weighted by atomic mass is 16.1. The molecule has 0 aromatic rings. The molecule has 1 aliphatic carbocycles. The number of carbonyl (C=O) groups is 1. The summed E-state index contributed by atoms with van der Waals surface area (Å²) < 4.78 is 0. The van der Waals surface area contributed by atoms with Crippen molar-refractivity contribution in [1.82, 2.24) is 0 Å². The van der Waals surface area contributed by atoms with Crippen molar-refractivity contribution in [3.63, 3.8) is 0 Å². The number of hydrogen-bond acceptors (Lipinski definition) is 1. The Labute approximate surface area is 60.1 Å². The summed E-state index contributed by atoms with van der Waals surface area (Å²) in [4.78, 5) is 10.8. The lowest BCUT2D eigenvalue weighted by Crippen LogP contribution is -1.90. The first kappa shape index (κ1) is 6.79. The average Bonchev–Trinajstić information content (AvgIpc) is 2.12. The third-order valence-corrected chi connectivity index (χ3v) is 1.22. The van der Waals surface area contributed by atoms with Gasteiger partial charge in [-0.1, -0.05) is 18.2 Å². The topological polar surface area (TPSA) is 17.1 Å². The van der Waals surface area contributed by atoms with Gasteiger partial charge in [0.2, 0.25) is 0 Å². The highest BCUT2D eigenvalue weighted by Gasteiger charge is 1.96. The Morgan fingerprint density at radius 3 is 3.00 bits per heavy atom. The van der Waals surface area contributed by atoms with Crippen molar-refractivity contribution in [3.8, 4) is 0 Å². The van der Waals surface area contributed by atoms with E-state index in [1.54, 1.807) is 25.2 Å². The maximum Gasteiger partial charge on any atom is 0.160 e. The fraction of sp³-hybridized carbons (Fsp3) is 0.111. The van der Waals surface area contributed by atoms with Crippen LogP contribution in [0, 0.1) is 0 Å². The van der Waals surface area contributed by atoms with E-state index in [0.717, 1.165) is 0 Å². The molecule has 1 nitrogen and oxygen atoms in total. The van der Waals surface area contributed by atoms with Gasteiger partial charge < -0.3 is 0 Å². The van der Waals surface area contributed by atoms with Crippen LogP contribution in [0.4, 0.5) is 0 Å². The molecule has 0 saturated heterocycles. The van der Waals surface area contributed by atoms with E-state index >= 15 is 0 Å². The molecule has 0 bridgehead atoms. The van der Waals surface area contributed by atoms with Gasteiger partial charge in [0.05, 0.1) is 0 Å². The first-order chi connectivity index (χ1) is 4.80. The van der Waals surface area contributed by atoms with Crippen molar-refractivity contribution < 1.29 is 4.79 Å². The molecule has 1 rings (SSSR count). The van der Waals surface area contributed by atoms with E-state index < -0.39 is 0 Å². The second-order valence-electron chi connectivity index (χ2n) is 2.04. The third kappa shape index (κ3) is 1.57. The Bertz CT molecular complexity index is 260. The Kier molecular flexibility index (Phi) is 2.03. The van der Waals surface area contributed by atoms with E-state index in [2.05, 4.69) is 5.73 Å². The Morgan fingerprint density at radius 2 is 2.30 bits per heavy atom. The van der Waals surface area contributed by atoms with E-state index in [1.807, 2.05) is 12.2 Å². The zero-order chi connectivity index (χ0) is 7.40. The van der Waals surface area contributed by atoms with Crippen LogP contribution in [0.3, 0.4) is 0 Å². The van der Waals surface area contributed by atoms with Crippen molar-refractivity contribution >= 4 is 5.78 Å². The minimum absolute atomic E-state index is 0.0763. The Morgan fingerprint density at radius 1 is 1.50 bits per heavy atom. The number of hydrogen-bond donors (Lipinski definition) is 0. The largest absolute Gasteiger partial charge is 0.294 e. The fourth-order valence-electron chi connectivity index (χ4n) is 0.675. The Hall–Kier alpha value is -1.33. The second-order valence-corrected chi connectivity index (χ2v) is 2.04. The lowest BCUT2D eigenvalue weighted by atomic mass is 10.2. The van der Waals surface area contributed by atoms with Crippen molar-refractivity contribution in [2.24, 2.45) is 0 Å². The molecule has 10 heavy (non-hydrogen) atoms. The van der Waals surface area contributed by atoms with Gasteiger partial charge >= 0.3 is 0 Å². The standard InChI is InChI=1S/C9H8O/c1-8(10)9-6-4-2-3-5-7-9/h2-4,6-7H,1H3. The van der Waals surface area contributed by atoms with Crippen molar-refractivity contribution in [1.29, 1.82) is 0 Å². The summed E-state index contributed by atoms with van der Waals surface area (Å²) in [5, 5.41) is 0. The van der Waals surface area contributed by atoms with Crippen LogP contribution in [0.2, 0.25) is 0 Å². The van der Waals surface area contributed by atoms with Crippen LogP contribution in [-0.4, -0.2) is 5.78 Å². The van der Waals surface area contributed by atoms with Gasteiger partial charge in [-0.05, 0) is 19.1 Å². The van der Waals surface area contributed by atoms with Gasteiger partial charge in [0.1, 0.15) is 0 Å². The summed E-state index contributed by atoms with van der Waals surface area (Å²) >= 11 is 0. The smallest absolute Gasteiger partial charge is 0.160 e. The number of Topliss-reactive ketones (excluding diaryl/α,β-unsaturated/α-hetero) is 1. The molecule has 0 saturated carbocycles. The summed E-state index contributed by atoms with van der Waals surface area (Å²) in [6.45, 7) is 1.54. The van der Waals surface area contributed by atoms with Gasteiger partial charge in [0.25, 0.3) is 0 Å². The van der Waals surface area contributed by atoms with Crippen molar-refractivity contribution in [2.45, 2.75) is 6.92 Å². The van der Waals surface area contributed by atoms with Gasteiger partial charge in [0, 0.05) is 5.57 Å². The number of allylic oxidation sites excluding steroid dienone is 5. The number of rotatable bonds is 1. The maximum absolute atomic E-state index is 10.8. The van der Waals surface area contributed by atoms with E-state index in [-0.39, 0.29) is 5.78 Å². The van der Waals surface area contributed by atoms with Gasteiger partial charge in [0.15, 0.2) is 5.78 Å². The van der Waals surface area contributed by atoms with Gasteiger partial charge in [-0.25, -0.2) is 0 Å². The van der Waals surface area contributed by atoms with Crippen LogP contribution >= 0.6 is 0 Å². The SMILES string of the molecule is CC(=O)C1=CC=CC=C=C1. The van der Waals surface area contributed by atoms with Crippen LogP contribution in [0.5, 0.6) is 0 Å². The maximum atomic E-state index is 10.8. The minimum atomic E-state index is 0.0763. The second kappa shape index (κ2) is 3.00. The monoisotopic (exact) mass is 132 g/mol. The zero-order valence-corrected chi connectivity index (χ0v) is 5.79. The predicted octanol–water partition coefficient (Wildman–Crippen LogP) is 1.78. The van der Waals surface area contributed by atoms with Crippen molar-refractivity contribution in [2.75, 3.05) is 0 Å². The first-order valence-electron chi connectivity index (χ1n) is 3.11. The fourth-order valence-corrected chi connectivity index (χ4v) is 0.675. The van der Waals surface area contributed by atoms with Gasteiger partial charge in [-0.15, -0.1) is 5.73 Å². The summed E-state index contributed by atoms with van der Waals surface area (Å²) in [5.74, 6) is 0.0763. The molecular weight excluding hydrogens is 124 g/mol. The highest BCUT2D eigenvalue weighted by molar-refractivity contribution is 5.96. The summed E-state index contributed by atoms with van der Waals surface area (Å²) in [5.41, 5.74) is 3.55. The summed E-state index contributed by atoms with van der Waals surface area (Å²) in [6, 6.07) is 0. The van der Waals surface area contributed by atoms with Crippen LogP contribution in [0.15, 0.2) is 41.7 Å².